The van der Waals surface area contributed by atoms with Crippen molar-refractivity contribution in [1.29, 1.82) is 0 Å². The van der Waals surface area contributed by atoms with Crippen LogP contribution < -0.4 is 10.1 Å². The molecular formula is C27H34ClN3O2. The quantitative estimate of drug-likeness (QED) is 0.241. The number of imidazole rings is 1. The van der Waals surface area contributed by atoms with Crippen LogP contribution in [0, 0.1) is 13.8 Å². The number of amides is 1. The number of aromatic nitrogens is 2. The lowest BCUT2D eigenvalue weighted by Gasteiger charge is -2.12. The van der Waals surface area contributed by atoms with Gasteiger partial charge in [0.05, 0.1) is 17.6 Å². The molecule has 176 valence electrons. The van der Waals surface area contributed by atoms with Crippen molar-refractivity contribution >= 4 is 28.5 Å². The van der Waals surface area contributed by atoms with Gasteiger partial charge in [0.15, 0.2) is 0 Å². The van der Waals surface area contributed by atoms with Gasteiger partial charge in [0.2, 0.25) is 5.91 Å². The van der Waals surface area contributed by atoms with Gasteiger partial charge < -0.3 is 14.6 Å². The third-order valence-electron chi connectivity index (χ3n) is 5.75. The Morgan fingerprint density at radius 3 is 2.64 bits per heavy atom. The van der Waals surface area contributed by atoms with Gasteiger partial charge in [-0.3, -0.25) is 4.79 Å². The summed E-state index contributed by atoms with van der Waals surface area (Å²) in [7, 11) is 0. The van der Waals surface area contributed by atoms with E-state index in [-0.39, 0.29) is 5.91 Å². The molecule has 33 heavy (non-hydrogen) atoms. The molecule has 2 aromatic carbocycles. The van der Waals surface area contributed by atoms with Crippen LogP contribution in [0.15, 0.2) is 49.1 Å². The summed E-state index contributed by atoms with van der Waals surface area (Å²) in [6.45, 7) is 9.77. The van der Waals surface area contributed by atoms with Crippen LogP contribution in [0.2, 0.25) is 5.02 Å². The molecule has 0 fully saturated rings. The third-order valence-corrected chi connectivity index (χ3v) is 6.35. The zero-order chi connectivity index (χ0) is 23.6. The summed E-state index contributed by atoms with van der Waals surface area (Å²) in [5.41, 5.74) is 4.33. The molecule has 0 saturated heterocycles. The minimum atomic E-state index is -0.109. The Hall–Kier alpha value is -2.79. The first-order valence-corrected chi connectivity index (χ1v) is 12.1. The van der Waals surface area contributed by atoms with Crippen LogP contribution in [0.25, 0.3) is 11.0 Å². The molecule has 1 aromatic heterocycles. The predicted molar refractivity (Wildman–Crippen MR) is 136 cm³/mol. The Morgan fingerprint density at radius 2 is 1.88 bits per heavy atom. The highest BCUT2D eigenvalue weighted by atomic mass is 35.5. The smallest absolute Gasteiger partial charge is 0.243 e. The lowest BCUT2D eigenvalue weighted by Crippen LogP contribution is -2.21. The summed E-state index contributed by atoms with van der Waals surface area (Å²) in [4.78, 5) is 16.1. The highest BCUT2D eigenvalue weighted by Gasteiger charge is 2.10. The fourth-order valence-electron chi connectivity index (χ4n) is 3.99. The van der Waals surface area contributed by atoms with Crippen LogP contribution >= 0.6 is 11.6 Å². The van der Waals surface area contributed by atoms with E-state index in [0.717, 1.165) is 78.3 Å². The lowest BCUT2D eigenvalue weighted by atomic mass is 10.1. The van der Waals surface area contributed by atoms with E-state index in [1.807, 2.05) is 32.0 Å². The first-order valence-electron chi connectivity index (χ1n) is 11.7. The maximum Gasteiger partial charge on any atom is 0.243 e. The highest BCUT2D eigenvalue weighted by Crippen LogP contribution is 2.26. The standard InChI is InChI=1S/C27H34ClN3O2/c1-4-26(32)29-15-9-5-6-14-25-30-23-12-7-8-13-24(23)31(25)16-10-11-17-33-22-18-20(2)27(28)21(3)19-22/h4,7-8,12-13,18-19H,1,5-6,9-11,14-17H2,2-3H3,(H,29,32). The number of hydrogen-bond donors (Lipinski definition) is 1. The van der Waals surface area contributed by atoms with Crippen LogP contribution in [0.4, 0.5) is 0 Å². The molecule has 0 spiro atoms. The Morgan fingerprint density at radius 1 is 1.12 bits per heavy atom. The summed E-state index contributed by atoms with van der Waals surface area (Å²) in [5, 5.41) is 3.64. The molecule has 1 heterocycles. The number of hydrogen-bond acceptors (Lipinski definition) is 3. The number of unbranched alkanes of at least 4 members (excludes halogenated alkanes) is 3. The molecule has 6 heteroatoms. The molecule has 0 unspecified atom stereocenters. The number of para-hydroxylation sites is 2. The number of halogens is 1. The van der Waals surface area contributed by atoms with Gasteiger partial charge in [-0.1, -0.05) is 36.7 Å². The van der Waals surface area contributed by atoms with Crippen LogP contribution in [0.5, 0.6) is 5.75 Å². The number of ether oxygens (including phenoxy) is 1. The Kier molecular flexibility index (Phi) is 9.37. The van der Waals surface area contributed by atoms with Gasteiger partial charge in [-0.2, -0.15) is 0 Å². The van der Waals surface area contributed by atoms with Crippen molar-refractivity contribution in [3.63, 3.8) is 0 Å². The first-order chi connectivity index (χ1) is 16.0. The van der Waals surface area contributed by atoms with Crippen molar-refractivity contribution in [2.75, 3.05) is 13.2 Å². The minimum Gasteiger partial charge on any atom is -0.494 e. The van der Waals surface area contributed by atoms with Crippen LogP contribution in [0.3, 0.4) is 0 Å². The van der Waals surface area contributed by atoms with Crippen molar-refractivity contribution < 1.29 is 9.53 Å². The van der Waals surface area contributed by atoms with Gasteiger partial charge in [-0.25, -0.2) is 4.98 Å². The average Bonchev–Trinajstić information content (AvgIpc) is 3.16. The number of rotatable bonds is 13. The van der Waals surface area contributed by atoms with Crippen molar-refractivity contribution in [2.24, 2.45) is 0 Å². The second kappa shape index (κ2) is 12.4. The van der Waals surface area contributed by atoms with Gasteiger partial charge in [0.25, 0.3) is 0 Å². The SMILES string of the molecule is C=CC(=O)NCCCCCc1nc2ccccc2n1CCCCOc1cc(C)c(Cl)c(C)c1. The summed E-state index contributed by atoms with van der Waals surface area (Å²) in [6, 6.07) is 12.3. The number of nitrogens with zero attached hydrogens (tertiary/aromatic N) is 2. The van der Waals surface area contributed by atoms with Crippen LogP contribution in [-0.4, -0.2) is 28.6 Å². The predicted octanol–water partition coefficient (Wildman–Crippen LogP) is 6.18. The van der Waals surface area contributed by atoms with Gasteiger partial charge in [0, 0.05) is 24.5 Å². The van der Waals surface area contributed by atoms with Crippen molar-refractivity contribution in [3.8, 4) is 5.75 Å². The first kappa shape index (κ1) is 24.8. The summed E-state index contributed by atoms with van der Waals surface area (Å²) in [6.07, 6.45) is 7.29. The van der Waals surface area contributed by atoms with Gasteiger partial charge >= 0.3 is 0 Å². The molecule has 0 aliphatic carbocycles. The fraction of sp³-hybridized carbons (Fsp3) is 0.407. The summed E-state index contributed by atoms with van der Waals surface area (Å²) < 4.78 is 8.32. The summed E-state index contributed by atoms with van der Waals surface area (Å²) >= 11 is 6.25. The van der Waals surface area contributed by atoms with E-state index in [1.165, 1.54) is 11.6 Å². The maximum atomic E-state index is 11.2. The van der Waals surface area contributed by atoms with Crippen molar-refractivity contribution in [3.05, 3.63) is 71.0 Å². The summed E-state index contributed by atoms with van der Waals surface area (Å²) in [5.74, 6) is 1.91. The fourth-order valence-corrected chi connectivity index (χ4v) is 4.10. The topological polar surface area (TPSA) is 56.2 Å². The van der Waals surface area contributed by atoms with Gasteiger partial charge in [0.1, 0.15) is 11.6 Å². The van der Waals surface area contributed by atoms with E-state index in [0.29, 0.717) is 13.2 Å². The maximum absolute atomic E-state index is 11.2. The molecule has 3 rings (SSSR count). The Labute approximate surface area is 201 Å². The van der Waals surface area contributed by atoms with Gasteiger partial charge in [-0.05, 0) is 81.0 Å². The highest BCUT2D eigenvalue weighted by molar-refractivity contribution is 6.32. The Bertz CT molecular complexity index is 1070. The third kappa shape index (κ3) is 7.10. The lowest BCUT2D eigenvalue weighted by molar-refractivity contribution is -0.116. The zero-order valence-corrected chi connectivity index (χ0v) is 20.5. The zero-order valence-electron chi connectivity index (χ0n) is 19.7. The number of aryl methyl sites for hydroxylation is 4. The molecule has 5 nitrogen and oxygen atoms in total. The molecular weight excluding hydrogens is 434 g/mol. The number of benzene rings is 2. The van der Waals surface area contributed by atoms with E-state index in [1.54, 1.807) is 0 Å². The van der Waals surface area contributed by atoms with E-state index in [4.69, 9.17) is 21.3 Å². The second-order valence-corrected chi connectivity index (χ2v) is 8.78. The van der Waals surface area contributed by atoms with Crippen molar-refractivity contribution in [2.45, 2.75) is 58.9 Å². The van der Waals surface area contributed by atoms with Gasteiger partial charge in [-0.15, -0.1) is 0 Å². The molecule has 0 aliphatic heterocycles. The molecule has 0 atom stereocenters. The average molecular weight is 468 g/mol. The second-order valence-electron chi connectivity index (χ2n) is 8.40. The molecule has 0 aliphatic rings. The Balaban J connectivity index is 1.49. The van der Waals surface area contributed by atoms with E-state index in [9.17, 15) is 4.79 Å². The molecule has 1 amide bonds. The molecule has 0 radical (unpaired) electrons. The molecule has 0 bridgehead atoms. The van der Waals surface area contributed by atoms with E-state index in [2.05, 4.69) is 34.7 Å². The molecule has 0 saturated carbocycles. The van der Waals surface area contributed by atoms with E-state index < -0.39 is 0 Å². The number of fused-ring (bicyclic) bond motifs is 1. The van der Waals surface area contributed by atoms with E-state index >= 15 is 0 Å². The normalized spacial score (nSPS) is 11.0. The molecule has 1 N–H and O–H groups in total. The monoisotopic (exact) mass is 467 g/mol. The number of carbonyl (C=O) groups excluding carboxylic acids is 1. The van der Waals surface area contributed by atoms with Crippen LogP contribution in [-0.2, 0) is 17.8 Å². The number of carbonyl (C=O) groups is 1. The molecule has 3 aromatic rings. The van der Waals surface area contributed by atoms with Crippen LogP contribution in [0.1, 0.15) is 49.1 Å². The number of nitrogens with one attached hydrogen (secondary N) is 1. The largest absolute Gasteiger partial charge is 0.494 e. The minimum absolute atomic E-state index is 0.109. The van der Waals surface area contributed by atoms with Crippen molar-refractivity contribution in [1.82, 2.24) is 14.9 Å².